The minimum Gasteiger partial charge on any atom is -0.372 e. The summed E-state index contributed by atoms with van der Waals surface area (Å²) in [5.74, 6) is 0.155. The largest absolute Gasteiger partial charge is 0.372 e. The molecular formula is C17H22N2O2S. The molecule has 1 amide bonds. The van der Waals surface area contributed by atoms with Crippen molar-refractivity contribution in [2.75, 3.05) is 24.5 Å². The molecule has 0 aromatic heterocycles. The number of likely N-dealkylation sites (tertiary alicyclic amines) is 1. The third-order valence-corrected chi connectivity index (χ3v) is 5.27. The molecular weight excluding hydrogens is 296 g/mol. The van der Waals surface area contributed by atoms with E-state index in [1.165, 1.54) is 30.3 Å². The first-order valence-electron chi connectivity index (χ1n) is 7.91. The molecule has 0 saturated carbocycles. The lowest BCUT2D eigenvalue weighted by atomic mass is 10.2. The molecule has 1 atom stereocenters. The molecule has 2 heterocycles. The highest BCUT2D eigenvalue weighted by molar-refractivity contribution is 8.14. The predicted octanol–water partition coefficient (Wildman–Crippen LogP) is 2.67. The molecule has 0 radical (unpaired) electrons. The molecule has 118 valence electrons. The molecule has 2 aliphatic rings. The first kappa shape index (κ1) is 15.4. The molecule has 1 unspecified atom stereocenters. The Morgan fingerprint density at radius 3 is 2.55 bits per heavy atom. The van der Waals surface area contributed by atoms with Gasteiger partial charge in [-0.15, -0.1) is 0 Å². The minimum atomic E-state index is 0.0922. The number of nitrogens with zero attached hydrogens (tertiary/aromatic N) is 2. The smallest absolute Gasteiger partial charge is 0.224 e. The van der Waals surface area contributed by atoms with Crippen LogP contribution >= 0.6 is 11.8 Å². The van der Waals surface area contributed by atoms with Crippen LogP contribution in [0.5, 0.6) is 0 Å². The zero-order chi connectivity index (χ0) is 15.5. The van der Waals surface area contributed by atoms with Crippen LogP contribution < -0.4 is 4.90 Å². The first-order chi connectivity index (χ1) is 10.6. The monoisotopic (exact) mass is 318 g/mol. The molecule has 22 heavy (non-hydrogen) atoms. The molecule has 0 aliphatic carbocycles. The average Bonchev–Trinajstić information content (AvgIpc) is 3.10. The molecule has 0 N–H and O–H groups in total. The molecule has 1 aromatic carbocycles. The molecule has 0 spiro atoms. The molecule has 3 rings (SSSR count). The van der Waals surface area contributed by atoms with Crippen LogP contribution in [0.25, 0.3) is 0 Å². The van der Waals surface area contributed by atoms with E-state index < -0.39 is 0 Å². The number of thioether (sulfide) groups is 1. The Bertz CT molecular complexity index is 552. The Labute approximate surface area is 135 Å². The van der Waals surface area contributed by atoms with Crippen molar-refractivity contribution in [1.29, 1.82) is 0 Å². The lowest BCUT2D eigenvalue weighted by Gasteiger charge is -2.19. The molecule has 4 nitrogen and oxygen atoms in total. The Morgan fingerprint density at radius 2 is 1.91 bits per heavy atom. The lowest BCUT2D eigenvalue weighted by molar-refractivity contribution is -0.128. The van der Waals surface area contributed by atoms with Crippen molar-refractivity contribution in [1.82, 2.24) is 4.90 Å². The van der Waals surface area contributed by atoms with E-state index >= 15 is 0 Å². The van der Waals surface area contributed by atoms with Gasteiger partial charge in [0.1, 0.15) is 0 Å². The van der Waals surface area contributed by atoms with Crippen LogP contribution in [0.15, 0.2) is 24.3 Å². The summed E-state index contributed by atoms with van der Waals surface area (Å²) in [6.07, 6.45) is 3.04. The van der Waals surface area contributed by atoms with Crippen molar-refractivity contribution in [3.63, 3.8) is 0 Å². The van der Waals surface area contributed by atoms with E-state index in [9.17, 15) is 9.59 Å². The third kappa shape index (κ3) is 3.64. The first-order valence-corrected chi connectivity index (χ1v) is 8.78. The van der Waals surface area contributed by atoms with Crippen molar-refractivity contribution < 1.29 is 9.59 Å². The van der Waals surface area contributed by atoms with E-state index in [1.807, 2.05) is 4.90 Å². The molecule has 1 aromatic rings. The maximum Gasteiger partial charge on any atom is 0.224 e. The van der Waals surface area contributed by atoms with Crippen LogP contribution in [0.3, 0.4) is 0 Å². The van der Waals surface area contributed by atoms with E-state index in [4.69, 9.17) is 0 Å². The van der Waals surface area contributed by atoms with Gasteiger partial charge in [0, 0.05) is 50.5 Å². The van der Waals surface area contributed by atoms with Gasteiger partial charge in [-0.2, -0.15) is 0 Å². The third-order valence-electron chi connectivity index (χ3n) is 4.29. The Balaban J connectivity index is 1.58. The highest BCUT2D eigenvalue weighted by atomic mass is 32.2. The Hall–Kier alpha value is -1.49. The fourth-order valence-electron chi connectivity index (χ4n) is 3.21. The fraction of sp³-hybridized carbons (Fsp3) is 0.529. The highest BCUT2D eigenvalue weighted by Crippen LogP contribution is 2.26. The molecule has 5 heteroatoms. The maximum absolute atomic E-state index is 12.0. The van der Waals surface area contributed by atoms with Gasteiger partial charge in [0.15, 0.2) is 5.12 Å². The Morgan fingerprint density at radius 1 is 1.23 bits per heavy atom. The molecule has 2 fully saturated rings. The number of amides is 1. The summed E-state index contributed by atoms with van der Waals surface area (Å²) in [6, 6.07) is 8.55. The van der Waals surface area contributed by atoms with Gasteiger partial charge in [0.05, 0.1) is 0 Å². The number of rotatable bonds is 4. The predicted molar refractivity (Wildman–Crippen MR) is 90.0 cm³/mol. The second-order valence-electron chi connectivity index (χ2n) is 6.07. The second-order valence-corrected chi connectivity index (χ2v) is 7.55. The molecule has 2 saturated heterocycles. The summed E-state index contributed by atoms with van der Waals surface area (Å²) in [5.41, 5.74) is 2.43. The van der Waals surface area contributed by atoms with Crippen molar-refractivity contribution in [2.24, 2.45) is 0 Å². The summed E-state index contributed by atoms with van der Waals surface area (Å²) in [4.78, 5) is 27.5. The van der Waals surface area contributed by atoms with Gasteiger partial charge < -0.3 is 9.80 Å². The van der Waals surface area contributed by atoms with Crippen molar-refractivity contribution in [3.8, 4) is 0 Å². The summed E-state index contributed by atoms with van der Waals surface area (Å²) < 4.78 is 0. The van der Waals surface area contributed by atoms with Crippen LogP contribution in [0.2, 0.25) is 0 Å². The van der Waals surface area contributed by atoms with Crippen molar-refractivity contribution >= 4 is 28.5 Å². The summed E-state index contributed by atoms with van der Waals surface area (Å²) in [5, 5.41) is 0.212. The highest BCUT2D eigenvalue weighted by Gasteiger charge is 2.30. The van der Waals surface area contributed by atoms with E-state index in [1.54, 1.807) is 6.92 Å². The number of benzene rings is 1. The Kier molecular flexibility index (Phi) is 4.71. The standard InChI is InChI=1S/C17H22N2O2S/c1-13(20)22-16-10-17(21)19(12-16)11-14-4-6-15(7-5-14)18-8-2-3-9-18/h4-7,16H,2-3,8-12H2,1H3. The van der Waals surface area contributed by atoms with Crippen LogP contribution in [0, 0.1) is 0 Å². The summed E-state index contributed by atoms with van der Waals surface area (Å²) in [7, 11) is 0. The SMILES string of the molecule is CC(=O)SC1CC(=O)N(Cc2ccc(N3CCCC3)cc2)C1. The minimum absolute atomic E-state index is 0.0922. The van der Waals surface area contributed by atoms with Gasteiger partial charge in [0.2, 0.25) is 5.91 Å². The van der Waals surface area contributed by atoms with Gasteiger partial charge >= 0.3 is 0 Å². The second kappa shape index (κ2) is 6.73. The van der Waals surface area contributed by atoms with Gasteiger partial charge in [-0.25, -0.2) is 0 Å². The number of anilines is 1. The van der Waals surface area contributed by atoms with Crippen LogP contribution in [-0.2, 0) is 16.1 Å². The zero-order valence-corrected chi connectivity index (χ0v) is 13.8. The van der Waals surface area contributed by atoms with Crippen molar-refractivity contribution in [3.05, 3.63) is 29.8 Å². The number of hydrogen-bond acceptors (Lipinski definition) is 4. The van der Waals surface area contributed by atoms with Gasteiger partial charge in [-0.05, 0) is 30.5 Å². The van der Waals surface area contributed by atoms with Gasteiger partial charge in [0.25, 0.3) is 0 Å². The average molecular weight is 318 g/mol. The normalized spacial score (nSPS) is 21.7. The van der Waals surface area contributed by atoms with E-state index in [-0.39, 0.29) is 16.3 Å². The van der Waals surface area contributed by atoms with E-state index in [2.05, 4.69) is 29.2 Å². The van der Waals surface area contributed by atoms with E-state index in [0.717, 1.165) is 18.7 Å². The zero-order valence-electron chi connectivity index (χ0n) is 13.0. The number of hydrogen-bond donors (Lipinski definition) is 0. The van der Waals surface area contributed by atoms with Gasteiger partial charge in [-0.1, -0.05) is 23.9 Å². The van der Waals surface area contributed by atoms with Crippen LogP contribution in [-0.4, -0.2) is 40.8 Å². The molecule has 0 bridgehead atoms. The number of carbonyl (C=O) groups excluding carboxylic acids is 2. The maximum atomic E-state index is 12.0. The van der Waals surface area contributed by atoms with Crippen molar-refractivity contribution in [2.45, 2.75) is 38.0 Å². The van der Waals surface area contributed by atoms with Crippen LogP contribution in [0.1, 0.15) is 31.7 Å². The molecule has 2 aliphatic heterocycles. The topological polar surface area (TPSA) is 40.6 Å². The van der Waals surface area contributed by atoms with Crippen LogP contribution in [0.4, 0.5) is 5.69 Å². The number of carbonyl (C=O) groups is 2. The van der Waals surface area contributed by atoms with E-state index in [0.29, 0.717) is 19.5 Å². The quantitative estimate of drug-likeness (QED) is 0.856. The summed E-state index contributed by atoms with van der Waals surface area (Å²) >= 11 is 1.29. The lowest BCUT2D eigenvalue weighted by Crippen LogP contribution is -2.25. The summed E-state index contributed by atoms with van der Waals surface area (Å²) in [6.45, 7) is 5.18. The van der Waals surface area contributed by atoms with Gasteiger partial charge in [-0.3, -0.25) is 9.59 Å². The fourth-order valence-corrected chi connectivity index (χ4v) is 4.16.